The summed E-state index contributed by atoms with van der Waals surface area (Å²) in [6.45, 7) is 7.24. The van der Waals surface area contributed by atoms with Crippen LogP contribution in [-0.2, 0) is 19.0 Å². The van der Waals surface area contributed by atoms with E-state index in [0.29, 0.717) is 32.3 Å². The average Bonchev–Trinajstić information content (AvgIpc) is 2.77. The van der Waals surface area contributed by atoms with E-state index in [1.807, 2.05) is 13.8 Å². The molecule has 20 heavy (non-hydrogen) atoms. The first-order valence-corrected chi connectivity index (χ1v) is 7.84. The van der Waals surface area contributed by atoms with Crippen molar-refractivity contribution in [2.75, 3.05) is 33.0 Å². The average molecular weight is 285 g/mol. The van der Waals surface area contributed by atoms with E-state index in [1.54, 1.807) is 0 Å². The summed E-state index contributed by atoms with van der Waals surface area (Å²) in [6.07, 6.45) is 4.17. The molecule has 0 aromatic heterocycles. The van der Waals surface area contributed by atoms with Gasteiger partial charge in [0, 0.05) is 6.61 Å². The Bertz CT molecular complexity index is 319. The molecule has 5 nitrogen and oxygen atoms in total. The predicted molar refractivity (Wildman–Crippen MR) is 75.6 cm³/mol. The highest BCUT2D eigenvalue weighted by atomic mass is 16.6. The Morgan fingerprint density at radius 3 is 2.80 bits per heavy atom. The highest BCUT2D eigenvalue weighted by Gasteiger charge is 2.49. The molecule has 116 valence electrons. The molecule has 2 unspecified atom stereocenters. The molecule has 1 aliphatic heterocycles. The topological polar surface area (TPSA) is 56.8 Å². The summed E-state index contributed by atoms with van der Waals surface area (Å²) < 4.78 is 16.2. The van der Waals surface area contributed by atoms with E-state index in [-0.39, 0.29) is 12.1 Å². The maximum Gasteiger partial charge on any atom is 0.326 e. The van der Waals surface area contributed by atoms with Crippen molar-refractivity contribution in [1.82, 2.24) is 5.32 Å². The second-order valence-electron chi connectivity index (χ2n) is 5.63. The Morgan fingerprint density at radius 2 is 2.20 bits per heavy atom. The number of nitrogens with one attached hydrogen (secondary N) is 1. The Morgan fingerprint density at radius 1 is 1.40 bits per heavy atom. The van der Waals surface area contributed by atoms with Gasteiger partial charge >= 0.3 is 5.97 Å². The minimum atomic E-state index is -0.496. The summed E-state index contributed by atoms with van der Waals surface area (Å²) in [6, 6.07) is 0. The zero-order chi connectivity index (χ0) is 14.4. The zero-order valence-corrected chi connectivity index (χ0v) is 12.7. The zero-order valence-electron chi connectivity index (χ0n) is 12.7. The van der Waals surface area contributed by atoms with E-state index < -0.39 is 5.54 Å². The van der Waals surface area contributed by atoms with E-state index in [2.05, 4.69) is 5.32 Å². The Labute approximate surface area is 121 Å². The SMILES string of the molecule is CCNC1(C(=O)OCC)CCCC1CCOC1COC1. The van der Waals surface area contributed by atoms with E-state index in [9.17, 15) is 4.79 Å². The number of esters is 1. The first kappa shape index (κ1) is 15.7. The van der Waals surface area contributed by atoms with Gasteiger partial charge in [-0.3, -0.25) is 4.79 Å². The van der Waals surface area contributed by atoms with Crippen LogP contribution in [0.5, 0.6) is 0 Å². The molecule has 5 heteroatoms. The van der Waals surface area contributed by atoms with Crippen molar-refractivity contribution in [3.63, 3.8) is 0 Å². The van der Waals surface area contributed by atoms with Gasteiger partial charge in [0.25, 0.3) is 0 Å². The molecule has 0 aromatic carbocycles. The van der Waals surface area contributed by atoms with Gasteiger partial charge < -0.3 is 19.5 Å². The summed E-state index contributed by atoms with van der Waals surface area (Å²) in [7, 11) is 0. The molecule has 0 amide bonds. The largest absolute Gasteiger partial charge is 0.465 e. The van der Waals surface area contributed by atoms with Gasteiger partial charge in [0.15, 0.2) is 0 Å². The van der Waals surface area contributed by atoms with E-state index >= 15 is 0 Å². The quantitative estimate of drug-likeness (QED) is 0.685. The minimum absolute atomic E-state index is 0.0867. The maximum atomic E-state index is 12.4. The van der Waals surface area contributed by atoms with Gasteiger partial charge in [-0.05, 0) is 38.6 Å². The smallest absolute Gasteiger partial charge is 0.326 e. The molecular formula is C15H27NO4. The molecule has 0 spiro atoms. The predicted octanol–water partition coefficient (Wildman–Crippen LogP) is 1.50. The minimum Gasteiger partial charge on any atom is -0.465 e. The van der Waals surface area contributed by atoms with Gasteiger partial charge in [-0.1, -0.05) is 13.3 Å². The first-order valence-electron chi connectivity index (χ1n) is 7.84. The third-order valence-corrected chi connectivity index (χ3v) is 4.38. The van der Waals surface area contributed by atoms with Crippen molar-refractivity contribution in [2.45, 2.75) is 51.2 Å². The summed E-state index contributed by atoms with van der Waals surface area (Å²) in [5, 5.41) is 3.40. The normalized spacial score (nSPS) is 30.2. The van der Waals surface area contributed by atoms with Crippen molar-refractivity contribution in [2.24, 2.45) is 5.92 Å². The van der Waals surface area contributed by atoms with Crippen LogP contribution in [0.1, 0.15) is 39.5 Å². The number of ether oxygens (including phenoxy) is 3. The van der Waals surface area contributed by atoms with E-state index in [0.717, 1.165) is 32.2 Å². The molecule has 2 fully saturated rings. The number of hydrogen-bond acceptors (Lipinski definition) is 5. The van der Waals surface area contributed by atoms with Gasteiger partial charge in [0.1, 0.15) is 11.6 Å². The van der Waals surface area contributed by atoms with Crippen LogP contribution in [0.2, 0.25) is 0 Å². The highest BCUT2D eigenvalue weighted by Crippen LogP contribution is 2.39. The van der Waals surface area contributed by atoms with Crippen molar-refractivity contribution < 1.29 is 19.0 Å². The molecule has 1 heterocycles. The molecule has 0 radical (unpaired) electrons. The lowest BCUT2D eigenvalue weighted by atomic mass is 9.84. The van der Waals surface area contributed by atoms with Crippen molar-refractivity contribution in [3.05, 3.63) is 0 Å². The van der Waals surface area contributed by atoms with E-state index in [4.69, 9.17) is 14.2 Å². The maximum absolute atomic E-state index is 12.4. The summed E-state index contributed by atoms with van der Waals surface area (Å²) in [4.78, 5) is 12.4. The molecule has 2 rings (SSSR count). The number of hydrogen-bond donors (Lipinski definition) is 1. The van der Waals surface area contributed by atoms with Crippen LogP contribution in [0.25, 0.3) is 0 Å². The molecule has 1 saturated carbocycles. The van der Waals surface area contributed by atoms with Gasteiger partial charge in [-0.25, -0.2) is 0 Å². The number of likely N-dealkylation sites (N-methyl/N-ethyl adjacent to an activating group) is 1. The molecule has 1 aliphatic carbocycles. The van der Waals surface area contributed by atoms with Crippen LogP contribution < -0.4 is 5.32 Å². The lowest BCUT2D eigenvalue weighted by Crippen LogP contribution is -2.55. The van der Waals surface area contributed by atoms with Gasteiger partial charge in [0.05, 0.1) is 19.8 Å². The number of carbonyl (C=O) groups excluding carboxylic acids is 1. The standard InChI is InChI=1S/C15H27NO4/c1-3-16-15(14(17)19-4-2)8-5-6-12(15)7-9-20-13-10-18-11-13/h12-13,16H,3-11H2,1-2H3. The Kier molecular flexibility index (Phi) is 5.81. The van der Waals surface area contributed by atoms with Gasteiger partial charge in [-0.15, -0.1) is 0 Å². The van der Waals surface area contributed by atoms with Crippen LogP contribution in [0.4, 0.5) is 0 Å². The van der Waals surface area contributed by atoms with Crippen LogP contribution >= 0.6 is 0 Å². The summed E-state index contributed by atoms with van der Waals surface area (Å²) >= 11 is 0. The van der Waals surface area contributed by atoms with Crippen LogP contribution in [0.3, 0.4) is 0 Å². The molecule has 1 saturated heterocycles. The molecule has 2 aliphatic rings. The van der Waals surface area contributed by atoms with Gasteiger partial charge in [-0.2, -0.15) is 0 Å². The fraction of sp³-hybridized carbons (Fsp3) is 0.933. The Balaban J connectivity index is 1.90. The molecule has 0 bridgehead atoms. The fourth-order valence-electron chi connectivity index (χ4n) is 3.30. The second-order valence-corrected chi connectivity index (χ2v) is 5.63. The molecule has 2 atom stereocenters. The molecular weight excluding hydrogens is 258 g/mol. The second kappa shape index (κ2) is 7.38. The Hall–Kier alpha value is -0.650. The van der Waals surface area contributed by atoms with E-state index in [1.165, 1.54) is 0 Å². The monoisotopic (exact) mass is 285 g/mol. The number of carbonyl (C=O) groups is 1. The molecule has 0 aromatic rings. The van der Waals surface area contributed by atoms with Crippen LogP contribution in [0, 0.1) is 5.92 Å². The van der Waals surface area contributed by atoms with Crippen molar-refractivity contribution in [1.29, 1.82) is 0 Å². The fourth-order valence-corrected chi connectivity index (χ4v) is 3.30. The van der Waals surface area contributed by atoms with Crippen molar-refractivity contribution >= 4 is 5.97 Å². The highest BCUT2D eigenvalue weighted by molar-refractivity contribution is 5.81. The third-order valence-electron chi connectivity index (χ3n) is 4.38. The van der Waals surface area contributed by atoms with Crippen molar-refractivity contribution in [3.8, 4) is 0 Å². The summed E-state index contributed by atoms with van der Waals surface area (Å²) in [5.41, 5.74) is -0.496. The molecule has 1 N–H and O–H groups in total. The van der Waals surface area contributed by atoms with Crippen LogP contribution in [0.15, 0.2) is 0 Å². The first-order chi connectivity index (χ1) is 9.73. The lowest BCUT2D eigenvalue weighted by Gasteiger charge is -2.34. The van der Waals surface area contributed by atoms with Gasteiger partial charge in [0.2, 0.25) is 0 Å². The number of rotatable bonds is 8. The lowest BCUT2D eigenvalue weighted by molar-refractivity contribution is -0.154. The van der Waals surface area contributed by atoms with Crippen LogP contribution in [-0.4, -0.2) is 50.6 Å². The third kappa shape index (κ3) is 3.32. The summed E-state index contributed by atoms with van der Waals surface area (Å²) in [5.74, 6) is 0.221.